The Morgan fingerprint density at radius 2 is 1.80 bits per heavy atom. The van der Waals surface area contributed by atoms with E-state index in [2.05, 4.69) is 4.98 Å². The molecule has 0 saturated heterocycles. The average Bonchev–Trinajstić information content (AvgIpc) is 2.78. The van der Waals surface area contributed by atoms with Crippen molar-refractivity contribution in [3.8, 4) is 11.5 Å². The van der Waals surface area contributed by atoms with Crippen molar-refractivity contribution in [3.63, 3.8) is 0 Å². The number of aryl methyl sites for hydroxylation is 1. The monoisotopic (exact) mass is 292 g/mol. The third-order valence-corrected chi connectivity index (χ3v) is 4.29. The Bertz CT molecular complexity index is 559. The van der Waals surface area contributed by atoms with Crippen molar-refractivity contribution in [2.45, 2.75) is 19.8 Å². The SMILES string of the molecule is COc1cc(Cc2sc(CCN)nc2C)cc(OC)c1. The van der Waals surface area contributed by atoms with Gasteiger partial charge in [-0.2, -0.15) is 0 Å². The predicted molar refractivity (Wildman–Crippen MR) is 82.0 cm³/mol. The second kappa shape index (κ2) is 6.72. The smallest absolute Gasteiger partial charge is 0.122 e. The lowest BCUT2D eigenvalue weighted by Crippen LogP contribution is -2.01. The largest absolute Gasteiger partial charge is 0.497 e. The van der Waals surface area contributed by atoms with E-state index in [-0.39, 0.29) is 0 Å². The Hall–Kier alpha value is -1.59. The molecule has 0 aliphatic carbocycles. The molecule has 2 rings (SSSR count). The third-order valence-electron chi connectivity index (χ3n) is 3.07. The first-order chi connectivity index (χ1) is 9.66. The molecule has 0 atom stereocenters. The first-order valence-corrected chi connectivity index (χ1v) is 7.35. The number of methoxy groups -OCH3 is 2. The van der Waals surface area contributed by atoms with E-state index >= 15 is 0 Å². The van der Waals surface area contributed by atoms with Gasteiger partial charge in [-0.3, -0.25) is 0 Å². The van der Waals surface area contributed by atoms with Crippen LogP contribution in [0.3, 0.4) is 0 Å². The molecule has 0 amide bonds. The number of nitrogens with zero attached hydrogens (tertiary/aromatic N) is 1. The summed E-state index contributed by atoms with van der Waals surface area (Å²) in [6, 6.07) is 5.94. The minimum atomic E-state index is 0.638. The van der Waals surface area contributed by atoms with E-state index in [1.165, 1.54) is 4.88 Å². The first kappa shape index (κ1) is 14.8. The molecule has 0 radical (unpaired) electrons. The fourth-order valence-corrected chi connectivity index (χ4v) is 3.16. The van der Waals surface area contributed by atoms with Gasteiger partial charge in [-0.1, -0.05) is 0 Å². The zero-order valence-electron chi connectivity index (χ0n) is 12.1. The summed E-state index contributed by atoms with van der Waals surface area (Å²) in [7, 11) is 3.33. The van der Waals surface area contributed by atoms with E-state index in [1.807, 2.05) is 25.1 Å². The number of ether oxygens (including phenoxy) is 2. The Labute approximate surface area is 123 Å². The van der Waals surface area contributed by atoms with Gasteiger partial charge < -0.3 is 15.2 Å². The minimum absolute atomic E-state index is 0.638. The summed E-state index contributed by atoms with van der Waals surface area (Å²) in [5, 5.41) is 1.11. The van der Waals surface area contributed by atoms with E-state index in [4.69, 9.17) is 15.2 Å². The van der Waals surface area contributed by atoms with Crippen LogP contribution in [0.15, 0.2) is 18.2 Å². The summed E-state index contributed by atoms with van der Waals surface area (Å²) in [4.78, 5) is 5.83. The molecule has 0 aliphatic heterocycles. The lowest BCUT2D eigenvalue weighted by atomic mass is 10.1. The minimum Gasteiger partial charge on any atom is -0.497 e. The highest BCUT2D eigenvalue weighted by Crippen LogP contribution is 2.27. The molecule has 4 nitrogen and oxygen atoms in total. The van der Waals surface area contributed by atoms with Crippen molar-refractivity contribution >= 4 is 11.3 Å². The fourth-order valence-electron chi connectivity index (χ4n) is 2.04. The first-order valence-electron chi connectivity index (χ1n) is 6.53. The van der Waals surface area contributed by atoms with Crippen LogP contribution in [0.4, 0.5) is 0 Å². The summed E-state index contributed by atoms with van der Waals surface area (Å²) in [6.45, 7) is 2.68. The number of benzene rings is 1. The van der Waals surface area contributed by atoms with Gasteiger partial charge in [0.2, 0.25) is 0 Å². The lowest BCUT2D eigenvalue weighted by molar-refractivity contribution is 0.393. The molecule has 108 valence electrons. The third kappa shape index (κ3) is 3.49. The zero-order valence-corrected chi connectivity index (χ0v) is 12.9. The van der Waals surface area contributed by atoms with Gasteiger partial charge in [0.25, 0.3) is 0 Å². The zero-order chi connectivity index (χ0) is 14.5. The molecule has 20 heavy (non-hydrogen) atoms. The fraction of sp³-hybridized carbons (Fsp3) is 0.400. The van der Waals surface area contributed by atoms with Crippen LogP contribution in [-0.4, -0.2) is 25.7 Å². The summed E-state index contributed by atoms with van der Waals surface area (Å²) < 4.78 is 10.6. The molecule has 0 bridgehead atoms. The number of aromatic nitrogens is 1. The summed E-state index contributed by atoms with van der Waals surface area (Å²) >= 11 is 1.73. The van der Waals surface area contributed by atoms with E-state index in [9.17, 15) is 0 Å². The van der Waals surface area contributed by atoms with Gasteiger partial charge in [-0.05, 0) is 31.2 Å². The van der Waals surface area contributed by atoms with Gasteiger partial charge in [0, 0.05) is 23.8 Å². The topological polar surface area (TPSA) is 57.4 Å². The highest BCUT2D eigenvalue weighted by molar-refractivity contribution is 7.11. The molecule has 0 saturated carbocycles. The van der Waals surface area contributed by atoms with Crippen LogP contribution < -0.4 is 15.2 Å². The van der Waals surface area contributed by atoms with Crippen LogP contribution in [-0.2, 0) is 12.8 Å². The van der Waals surface area contributed by atoms with Crippen LogP contribution in [0.5, 0.6) is 11.5 Å². The predicted octanol–water partition coefficient (Wildman–Crippen LogP) is 2.56. The molecule has 1 heterocycles. The number of thiazole rings is 1. The second-order valence-electron chi connectivity index (χ2n) is 4.55. The summed E-state index contributed by atoms with van der Waals surface area (Å²) in [5.74, 6) is 1.62. The molecular weight excluding hydrogens is 272 g/mol. The van der Waals surface area contributed by atoms with Crippen LogP contribution in [0.2, 0.25) is 0 Å². The molecule has 1 aromatic carbocycles. The molecule has 0 aliphatic rings. The number of rotatable bonds is 6. The average molecular weight is 292 g/mol. The lowest BCUT2D eigenvalue weighted by Gasteiger charge is -2.08. The Kier molecular flexibility index (Phi) is 4.98. The summed E-state index contributed by atoms with van der Waals surface area (Å²) in [5.41, 5.74) is 7.82. The number of hydrogen-bond donors (Lipinski definition) is 1. The van der Waals surface area contributed by atoms with Gasteiger partial charge in [-0.15, -0.1) is 11.3 Å². The maximum Gasteiger partial charge on any atom is 0.122 e. The van der Waals surface area contributed by atoms with Gasteiger partial charge in [0.05, 0.1) is 24.9 Å². The molecule has 5 heteroatoms. The number of hydrogen-bond acceptors (Lipinski definition) is 5. The highest BCUT2D eigenvalue weighted by Gasteiger charge is 2.10. The Morgan fingerprint density at radius 1 is 1.15 bits per heavy atom. The van der Waals surface area contributed by atoms with Crippen molar-refractivity contribution in [1.82, 2.24) is 4.98 Å². The van der Waals surface area contributed by atoms with Gasteiger partial charge in [-0.25, -0.2) is 4.98 Å². The molecule has 2 N–H and O–H groups in total. The maximum absolute atomic E-state index is 5.58. The summed E-state index contributed by atoms with van der Waals surface area (Å²) in [6.07, 6.45) is 1.68. The number of nitrogens with two attached hydrogens (primary N) is 1. The van der Waals surface area contributed by atoms with E-state index < -0.39 is 0 Å². The highest BCUT2D eigenvalue weighted by atomic mass is 32.1. The molecular formula is C15H20N2O2S. The molecule has 0 fully saturated rings. The van der Waals surface area contributed by atoms with Crippen molar-refractivity contribution in [2.24, 2.45) is 5.73 Å². The Balaban J connectivity index is 2.24. The van der Waals surface area contributed by atoms with Crippen LogP contribution in [0.25, 0.3) is 0 Å². The van der Waals surface area contributed by atoms with E-state index in [0.717, 1.165) is 40.6 Å². The Morgan fingerprint density at radius 3 is 2.35 bits per heavy atom. The molecule has 2 aromatic rings. The van der Waals surface area contributed by atoms with Crippen molar-refractivity contribution in [3.05, 3.63) is 39.3 Å². The quantitative estimate of drug-likeness (QED) is 0.889. The van der Waals surface area contributed by atoms with Gasteiger partial charge >= 0.3 is 0 Å². The standard InChI is InChI=1S/C15H20N2O2S/c1-10-14(20-15(17-10)4-5-16)8-11-6-12(18-2)9-13(7-11)19-3/h6-7,9H,4-5,8,16H2,1-3H3. The van der Waals surface area contributed by atoms with Crippen LogP contribution >= 0.6 is 11.3 Å². The molecule has 0 unspecified atom stereocenters. The van der Waals surface area contributed by atoms with Gasteiger partial charge in [0.15, 0.2) is 0 Å². The van der Waals surface area contributed by atoms with Crippen molar-refractivity contribution in [1.29, 1.82) is 0 Å². The van der Waals surface area contributed by atoms with Crippen molar-refractivity contribution in [2.75, 3.05) is 20.8 Å². The molecule has 1 aromatic heterocycles. The van der Waals surface area contributed by atoms with Crippen LogP contribution in [0, 0.1) is 6.92 Å². The van der Waals surface area contributed by atoms with Crippen molar-refractivity contribution < 1.29 is 9.47 Å². The van der Waals surface area contributed by atoms with Gasteiger partial charge in [0.1, 0.15) is 11.5 Å². The van der Waals surface area contributed by atoms with E-state index in [0.29, 0.717) is 6.54 Å². The van der Waals surface area contributed by atoms with E-state index in [1.54, 1.807) is 25.6 Å². The normalized spacial score (nSPS) is 10.6. The maximum atomic E-state index is 5.58. The molecule has 0 spiro atoms. The second-order valence-corrected chi connectivity index (χ2v) is 5.72. The van der Waals surface area contributed by atoms with Crippen LogP contribution in [0.1, 0.15) is 21.1 Å².